The van der Waals surface area contributed by atoms with Gasteiger partial charge in [0.25, 0.3) is 11.0 Å². The van der Waals surface area contributed by atoms with Gasteiger partial charge in [-0.25, -0.2) is 0 Å². The number of ether oxygens (including phenoxy) is 1. The number of carbonyl (C=O) groups is 2. The number of carbonyl (C=O) groups excluding carboxylic acids is 2. The number of aryl methyl sites for hydroxylation is 1. The molecule has 0 saturated carbocycles. The van der Waals surface area contributed by atoms with Crippen molar-refractivity contribution in [3.05, 3.63) is 29.8 Å². The number of hydrogen-bond donors (Lipinski definition) is 5. The van der Waals surface area contributed by atoms with Gasteiger partial charge in [0.15, 0.2) is 6.61 Å². The number of alkyl halides is 2. The topological polar surface area (TPSA) is 188 Å². The lowest BCUT2D eigenvalue weighted by Gasteiger charge is -2.36. The van der Waals surface area contributed by atoms with E-state index in [4.69, 9.17) is 27.9 Å². The highest BCUT2D eigenvalue weighted by Gasteiger charge is 2.59. The van der Waals surface area contributed by atoms with Gasteiger partial charge in [-0.15, -0.1) is 23.2 Å². The van der Waals surface area contributed by atoms with E-state index in [9.17, 15) is 43.4 Å². The fourth-order valence-electron chi connectivity index (χ4n) is 3.78. The molecule has 0 aromatic heterocycles. The van der Waals surface area contributed by atoms with Gasteiger partial charge in [0.1, 0.15) is 0 Å². The highest BCUT2D eigenvalue weighted by molar-refractivity contribution is 7.72. The number of rotatable bonds is 14. The summed E-state index contributed by atoms with van der Waals surface area (Å²) in [6, 6.07) is 8.18. The van der Waals surface area contributed by atoms with Gasteiger partial charge < -0.3 is 39.2 Å². The number of benzene rings is 1. The summed E-state index contributed by atoms with van der Waals surface area (Å²) in [4.78, 5) is 66.2. The first-order chi connectivity index (χ1) is 17.7. The lowest BCUT2D eigenvalue weighted by atomic mass is 10.1. The number of hydrogen-bond acceptors (Lipinski definition) is 8. The Morgan fingerprint density at radius 3 is 2.03 bits per heavy atom. The first kappa shape index (κ1) is 33.0. The van der Waals surface area contributed by atoms with Crippen LogP contribution in [0.1, 0.15) is 24.8 Å². The summed E-state index contributed by atoms with van der Waals surface area (Å²) in [5.74, 6) is -0.906. The SMILES string of the molecule is O=C(CCCc1ccc(N(CCl)CCl)cc1)OCC(=O)N1CCN(CCC(O)(P(=O)(O)O)P(=O)(O)O)CC1. The van der Waals surface area contributed by atoms with Crippen LogP contribution in [0.4, 0.5) is 5.69 Å². The van der Waals surface area contributed by atoms with E-state index >= 15 is 0 Å². The molecule has 216 valence electrons. The maximum atomic E-state index is 12.4. The van der Waals surface area contributed by atoms with Crippen molar-refractivity contribution < 1.29 is 48.1 Å². The first-order valence-electron chi connectivity index (χ1n) is 11.7. The van der Waals surface area contributed by atoms with Gasteiger partial charge in [-0.2, -0.15) is 0 Å². The van der Waals surface area contributed by atoms with Gasteiger partial charge in [0, 0.05) is 51.3 Å². The summed E-state index contributed by atoms with van der Waals surface area (Å²) >= 11 is 11.7. The number of amides is 1. The summed E-state index contributed by atoms with van der Waals surface area (Å²) < 4.78 is 28.0. The molecule has 38 heavy (non-hydrogen) atoms. The molecule has 1 fully saturated rings. The van der Waals surface area contributed by atoms with Gasteiger partial charge in [-0.1, -0.05) is 12.1 Å². The minimum Gasteiger partial charge on any atom is -0.456 e. The normalized spacial score (nSPS) is 15.4. The number of nitrogens with zero attached hydrogens (tertiary/aromatic N) is 3. The van der Waals surface area contributed by atoms with Crippen LogP contribution in [-0.4, -0.2) is 103 Å². The Labute approximate surface area is 230 Å². The van der Waals surface area contributed by atoms with Gasteiger partial charge in [-0.05, 0) is 30.5 Å². The zero-order chi connectivity index (χ0) is 28.6. The number of esters is 1. The molecule has 1 saturated heterocycles. The predicted octanol–water partition coefficient (Wildman–Crippen LogP) is 1.29. The average Bonchev–Trinajstić information content (AvgIpc) is 2.86. The molecule has 1 aromatic carbocycles. The zero-order valence-electron chi connectivity index (χ0n) is 20.6. The number of piperazine rings is 1. The van der Waals surface area contributed by atoms with Gasteiger partial charge in [0.05, 0.1) is 12.0 Å². The minimum atomic E-state index is -5.52. The van der Waals surface area contributed by atoms with E-state index in [0.717, 1.165) is 11.3 Å². The van der Waals surface area contributed by atoms with Crippen LogP contribution in [0.3, 0.4) is 0 Å². The Kier molecular flexibility index (Phi) is 12.5. The summed E-state index contributed by atoms with van der Waals surface area (Å²) in [7, 11) is -11.0. The van der Waals surface area contributed by atoms with Crippen LogP contribution in [0.15, 0.2) is 24.3 Å². The Hall–Kier alpha value is -1.24. The molecular formula is C21H33Cl2N3O10P2. The van der Waals surface area contributed by atoms with Crippen molar-refractivity contribution in [2.45, 2.75) is 30.8 Å². The number of anilines is 1. The quantitative estimate of drug-likeness (QED) is 0.0869. The molecule has 1 amide bonds. The van der Waals surface area contributed by atoms with Crippen LogP contribution in [0.5, 0.6) is 0 Å². The molecule has 2 rings (SSSR count). The summed E-state index contributed by atoms with van der Waals surface area (Å²) in [5, 5.41) is 6.50. The summed E-state index contributed by atoms with van der Waals surface area (Å²) in [6.07, 6.45) is 0.471. The molecular weight excluding hydrogens is 587 g/mol. The van der Waals surface area contributed by atoms with Crippen molar-refractivity contribution in [3.8, 4) is 0 Å². The van der Waals surface area contributed by atoms with Crippen LogP contribution in [0, 0.1) is 0 Å². The molecule has 0 atom stereocenters. The van der Waals surface area contributed by atoms with Crippen LogP contribution >= 0.6 is 38.4 Å². The molecule has 1 heterocycles. The fraction of sp³-hybridized carbons (Fsp3) is 0.619. The monoisotopic (exact) mass is 619 g/mol. The van der Waals surface area contributed by atoms with Crippen molar-refractivity contribution in [2.75, 3.05) is 56.2 Å². The zero-order valence-corrected chi connectivity index (χ0v) is 23.9. The van der Waals surface area contributed by atoms with Crippen molar-refractivity contribution in [2.24, 2.45) is 0 Å². The Morgan fingerprint density at radius 1 is 0.974 bits per heavy atom. The molecule has 1 aromatic rings. The average molecular weight is 620 g/mol. The molecule has 0 bridgehead atoms. The number of halogens is 2. The Morgan fingerprint density at radius 2 is 1.53 bits per heavy atom. The highest BCUT2D eigenvalue weighted by atomic mass is 35.5. The maximum Gasteiger partial charge on any atom is 0.369 e. The van der Waals surface area contributed by atoms with E-state index in [2.05, 4.69) is 0 Å². The molecule has 0 unspecified atom stereocenters. The molecule has 0 radical (unpaired) electrons. The van der Waals surface area contributed by atoms with E-state index < -0.39 is 45.2 Å². The highest BCUT2D eigenvalue weighted by Crippen LogP contribution is 2.68. The third-order valence-corrected chi connectivity index (χ3v) is 10.7. The second-order valence-corrected chi connectivity index (χ2v) is 13.3. The molecule has 13 nitrogen and oxygen atoms in total. The Bertz CT molecular complexity index is 1000. The third kappa shape index (κ3) is 9.16. The maximum absolute atomic E-state index is 12.4. The second-order valence-electron chi connectivity index (χ2n) is 8.79. The van der Waals surface area contributed by atoms with E-state index in [-0.39, 0.29) is 51.2 Å². The van der Waals surface area contributed by atoms with E-state index in [1.165, 1.54) is 4.90 Å². The van der Waals surface area contributed by atoms with Gasteiger partial charge in [0.2, 0.25) is 0 Å². The standard InChI is InChI=1S/C21H33Cl2N3O10P2/c22-15-26(16-23)18-6-4-17(5-7-18)2-1-3-20(28)36-14-19(27)25-12-10-24(11-13-25)9-8-21(29,37(30,31)32)38(33,34)35/h4-7,29H,1-3,8-16H2,(H2,30,31,32)(H2,33,34,35). The molecule has 17 heteroatoms. The van der Waals surface area contributed by atoms with Crippen LogP contribution in [0.2, 0.25) is 0 Å². The summed E-state index contributed by atoms with van der Waals surface area (Å²) in [6.45, 7) is 0.276. The van der Waals surface area contributed by atoms with Crippen molar-refractivity contribution >= 4 is 56.0 Å². The predicted molar refractivity (Wildman–Crippen MR) is 141 cm³/mol. The molecule has 1 aliphatic heterocycles. The molecule has 0 aliphatic carbocycles. The molecule has 0 spiro atoms. The third-order valence-electron chi connectivity index (χ3n) is 6.21. The van der Waals surface area contributed by atoms with Gasteiger partial charge in [-0.3, -0.25) is 23.6 Å². The van der Waals surface area contributed by atoms with E-state index in [1.54, 1.807) is 9.80 Å². The smallest absolute Gasteiger partial charge is 0.369 e. The lowest BCUT2D eigenvalue weighted by molar-refractivity contribution is -0.152. The van der Waals surface area contributed by atoms with Crippen LogP contribution in [-0.2, 0) is 29.9 Å². The largest absolute Gasteiger partial charge is 0.456 e. The lowest BCUT2D eigenvalue weighted by Crippen LogP contribution is -2.50. The van der Waals surface area contributed by atoms with Crippen molar-refractivity contribution in [1.29, 1.82) is 0 Å². The van der Waals surface area contributed by atoms with Crippen LogP contribution in [0.25, 0.3) is 0 Å². The second kappa shape index (κ2) is 14.4. The fourth-order valence-corrected chi connectivity index (χ4v) is 6.45. The van der Waals surface area contributed by atoms with Gasteiger partial charge >= 0.3 is 21.2 Å². The Balaban J connectivity index is 1.69. The minimum absolute atomic E-state index is 0.139. The molecule has 5 N–H and O–H groups in total. The van der Waals surface area contributed by atoms with Crippen molar-refractivity contribution in [1.82, 2.24) is 9.80 Å². The summed E-state index contributed by atoms with van der Waals surface area (Å²) in [5.41, 5.74) is 1.92. The van der Waals surface area contributed by atoms with Crippen LogP contribution < -0.4 is 4.90 Å². The number of aliphatic hydroxyl groups is 1. The van der Waals surface area contributed by atoms with Crippen molar-refractivity contribution in [3.63, 3.8) is 0 Å². The molecule has 1 aliphatic rings. The first-order valence-corrected chi connectivity index (χ1v) is 16.0. The van der Waals surface area contributed by atoms with E-state index in [0.29, 0.717) is 12.8 Å². The van der Waals surface area contributed by atoms with E-state index in [1.807, 2.05) is 24.3 Å².